The van der Waals surface area contributed by atoms with Gasteiger partial charge in [-0.1, -0.05) is 6.92 Å². The number of ether oxygens (including phenoxy) is 2. The minimum absolute atomic E-state index is 0.281. The predicted octanol–water partition coefficient (Wildman–Crippen LogP) is 1.72. The molecule has 1 heterocycles. The van der Waals surface area contributed by atoms with Crippen LogP contribution in [0.1, 0.15) is 18.3 Å². The van der Waals surface area contributed by atoms with Crippen LogP contribution >= 0.6 is 0 Å². The Morgan fingerprint density at radius 1 is 1.30 bits per heavy atom. The zero-order valence-corrected chi connectivity index (χ0v) is 13.7. The summed E-state index contributed by atoms with van der Waals surface area (Å²) in [5, 5.41) is 9.48. The summed E-state index contributed by atoms with van der Waals surface area (Å²) in [4.78, 5) is 16.2. The number of nitrogens with zero attached hydrogens (tertiary/aromatic N) is 3. The van der Waals surface area contributed by atoms with E-state index in [0.717, 1.165) is 17.8 Å². The minimum Gasteiger partial charge on any atom is -0.497 e. The maximum absolute atomic E-state index is 11.9. The van der Waals surface area contributed by atoms with Crippen LogP contribution in [0.5, 0.6) is 11.5 Å². The molecular formula is C15H21N5O3. The highest BCUT2D eigenvalue weighted by molar-refractivity contribution is 5.87. The molecule has 0 aliphatic rings. The van der Waals surface area contributed by atoms with Crippen molar-refractivity contribution in [3.63, 3.8) is 0 Å². The van der Waals surface area contributed by atoms with Crippen molar-refractivity contribution in [1.29, 1.82) is 0 Å². The molecule has 2 amide bonds. The molecule has 0 aliphatic carbocycles. The molecule has 0 bridgehead atoms. The molecule has 1 aromatic heterocycles. The van der Waals surface area contributed by atoms with Crippen LogP contribution in [0, 0.1) is 0 Å². The fourth-order valence-electron chi connectivity index (χ4n) is 2.10. The van der Waals surface area contributed by atoms with E-state index >= 15 is 0 Å². The minimum atomic E-state index is -0.379. The maximum Gasteiger partial charge on any atom is 0.321 e. The molecule has 0 saturated heterocycles. The van der Waals surface area contributed by atoms with E-state index in [1.807, 2.05) is 19.1 Å². The Balaban J connectivity index is 1.96. The lowest BCUT2D eigenvalue weighted by molar-refractivity contribution is 0.251. The highest BCUT2D eigenvalue weighted by Crippen LogP contribution is 2.24. The Bertz CT molecular complexity index is 684. The summed E-state index contributed by atoms with van der Waals surface area (Å²) in [5.41, 5.74) is 0.840. The average Bonchev–Trinajstić information content (AvgIpc) is 2.92. The standard InChI is InChI=1S/C15H21N5O3/c1-5-13-17-14(19-20(13)2)18-15(21)16-9-10-6-7-11(22-3)8-12(10)23-4/h6-8H,5,9H2,1-4H3,(H2,16,18,19,21). The van der Waals surface area contributed by atoms with Crippen LogP contribution in [0.3, 0.4) is 0 Å². The van der Waals surface area contributed by atoms with Crippen molar-refractivity contribution in [2.24, 2.45) is 7.05 Å². The van der Waals surface area contributed by atoms with E-state index in [4.69, 9.17) is 9.47 Å². The van der Waals surface area contributed by atoms with Gasteiger partial charge >= 0.3 is 6.03 Å². The van der Waals surface area contributed by atoms with E-state index < -0.39 is 0 Å². The highest BCUT2D eigenvalue weighted by atomic mass is 16.5. The number of hydrogen-bond donors (Lipinski definition) is 2. The van der Waals surface area contributed by atoms with Crippen LogP contribution in [0.25, 0.3) is 0 Å². The van der Waals surface area contributed by atoms with Gasteiger partial charge in [0.05, 0.1) is 14.2 Å². The number of hydrogen-bond acceptors (Lipinski definition) is 5. The quantitative estimate of drug-likeness (QED) is 0.846. The molecule has 0 fully saturated rings. The van der Waals surface area contributed by atoms with Crippen molar-refractivity contribution in [2.45, 2.75) is 19.9 Å². The molecule has 0 spiro atoms. The molecule has 2 aromatic rings. The zero-order chi connectivity index (χ0) is 16.8. The Hall–Kier alpha value is -2.77. The second-order valence-electron chi connectivity index (χ2n) is 4.81. The number of benzene rings is 1. The molecular weight excluding hydrogens is 298 g/mol. The second-order valence-corrected chi connectivity index (χ2v) is 4.81. The topological polar surface area (TPSA) is 90.3 Å². The van der Waals surface area contributed by atoms with Gasteiger partial charge in [0.15, 0.2) is 0 Å². The highest BCUT2D eigenvalue weighted by Gasteiger charge is 2.10. The lowest BCUT2D eigenvalue weighted by Crippen LogP contribution is -2.28. The first-order valence-electron chi connectivity index (χ1n) is 7.23. The third-order valence-electron chi connectivity index (χ3n) is 3.33. The molecule has 0 radical (unpaired) electrons. The maximum atomic E-state index is 11.9. The summed E-state index contributed by atoms with van der Waals surface area (Å²) < 4.78 is 12.1. The lowest BCUT2D eigenvalue weighted by Gasteiger charge is -2.11. The van der Waals surface area contributed by atoms with Gasteiger partial charge in [-0.3, -0.25) is 10.00 Å². The molecule has 8 heteroatoms. The molecule has 0 atom stereocenters. The third-order valence-corrected chi connectivity index (χ3v) is 3.33. The smallest absolute Gasteiger partial charge is 0.321 e. The average molecular weight is 319 g/mol. The monoisotopic (exact) mass is 319 g/mol. The largest absolute Gasteiger partial charge is 0.497 e. The number of urea groups is 1. The number of rotatable bonds is 6. The van der Waals surface area contributed by atoms with Crippen LogP contribution in [0.15, 0.2) is 18.2 Å². The number of aryl methyl sites for hydroxylation is 2. The van der Waals surface area contributed by atoms with Crippen molar-refractivity contribution in [3.8, 4) is 11.5 Å². The van der Waals surface area contributed by atoms with E-state index in [0.29, 0.717) is 18.0 Å². The Morgan fingerprint density at radius 3 is 2.70 bits per heavy atom. The summed E-state index contributed by atoms with van der Waals surface area (Å²) in [6, 6.07) is 5.04. The van der Waals surface area contributed by atoms with E-state index in [-0.39, 0.29) is 12.0 Å². The van der Waals surface area contributed by atoms with Crippen LogP contribution in [0.4, 0.5) is 10.7 Å². The second kappa shape index (κ2) is 7.48. The molecule has 124 valence electrons. The summed E-state index contributed by atoms with van der Waals surface area (Å²) in [6.07, 6.45) is 0.746. The summed E-state index contributed by atoms with van der Waals surface area (Å²) >= 11 is 0. The van der Waals surface area contributed by atoms with Crippen LogP contribution in [0.2, 0.25) is 0 Å². The van der Waals surface area contributed by atoms with Gasteiger partial charge in [-0.2, -0.15) is 4.98 Å². The number of aromatic nitrogens is 3. The SMILES string of the molecule is CCc1nc(NC(=O)NCc2ccc(OC)cc2OC)nn1C. The first-order valence-corrected chi connectivity index (χ1v) is 7.23. The van der Waals surface area contributed by atoms with Crippen molar-refractivity contribution >= 4 is 12.0 Å². The number of carbonyl (C=O) groups is 1. The Kier molecular flexibility index (Phi) is 5.40. The fourth-order valence-corrected chi connectivity index (χ4v) is 2.10. The van der Waals surface area contributed by atoms with E-state index in [9.17, 15) is 4.79 Å². The summed E-state index contributed by atoms with van der Waals surface area (Å²) in [5.74, 6) is 2.43. The summed E-state index contributed by atoms with van der Waals surface area (Å²) in [6.45, 7) is 2.29. The van der Waals surface area contributed by atoms with Gasteiger partial charge in [-0.25, -0.2) is 4.79 Å². The third kappa shape index (κ3) is 4.12. The van der Waals surface area contributed by atoms with Gasteiger partial charge in [-0.05, 0) is 12.1 Å². The fraction of sp³-hybridized carbons (Fsp3) is 0.400. The first kappa shape index (κ1) is 16.6. The normalized spacial score (nSPS) is 10.3. The molecule has 1 aromatic carbocycles. The molecule has 8 nitrogen and oxygen atoms in total. The van der Waals surface area contributed by atoms with Gasteiger partial charge in [-0.15, -0.1) is 5.10 Å². The van der Waals surface area contributed by atoms with Crippen molar-refractivity contribution in [2.75, 3.05) is 19.5 Å². The zero-order valence-electron chi connectivity index (χ0n) is 13.7. The van der Waals surface area contributed by atoms with Gasteiger partial charge in [0.2, 0.25) is 5.95 Å². The number of methoxy groups -OCH3 is 2. The van der Waals surface area contributed by atoms with Gasteiger partial charge < -0.3 is 14.8 Å². The molecule has 23 heavy (non-hydrogen) atoms. The van der Waals surface area contributed by atoms with Crippen LogP contribution in [-0.4, -0.2) is 35.0 Å². The van der Waals surface area contributed by atoms with Gasteiger partial charge in [0, 0.05) is 31.6 Å². The van der Waals surface area contributed by atoms with E-state index in [1.54, 1.807) is 32.0 Å². The lowest BCUT2D eigenvalue weighted by atomic mass is 10.2. The molecule has 0 aliphatic heterocycles. The van der Waals surface area contributed by atoms with Crippen molar-refractivity contribution in [3.05, 3.63) is 29.6 Å². The van der Waals surface area contributed by atoms with Gasteiger partial charge in [0.1, 0.15) is 17.3 Å². The number of nitrogens with one attached hydrogen (secondary N) is 2. The number of amides is 2. The Morgan fingerprint density at radius 2 is 2.09 bits per heavy atom. The Labute approximate surface area is 134 Å². The predicted molar refractivity (Wildman–Crippen MR) is 85.8 cm³/mol. The van der Waals surface area contributed by atoms with Crippen LogP contribution < -0.4 is 20.1 Å². The first-order chi connectivity index (χ1) is 11.1. The van der Waals surface area contributed by atoms with E-state index in [2.05, 4.69) is 20.7 Å². The molecule has 0 unspecified atom stereocenters. The number of carbonyl (C=O) groups excluding carboxylic acids is 1. The van der Waals surface area contributed by atoms with Crippen molar-refractivity contribution in [1.82, 2.24) is 20.1 Å². The number of anilines is 1. The summed E-state index contributed by atoms with van der Waals surface area (Å²) in [7, 11) is 4.95. The van der Waals surface area contributed by atoms with Gasteiger partial charge in [0.25, 0.3) is 0 Å². The van der Waals surface area contributed by atoms with Crippen molar-refractivity contribution < 1.29 is 14.3 Å². The molecule has 2 N–H and O–H groups in total. The molecule has 0 saturated carbocycles. The van der Waals surface area contributed by atoms with E-state index in [1.165, 1.54) is 0 Å². The van der Waals surface area contributed by atoms with Crippen LogP contribution in [-0.2, 0) is 20.0 Å². The molecule has 2 rings (SSSR count).